The number of carboxylic acid groups (broad SMARTS) is 1. The van der Waals surface area contributed by atoms with Gasteiger partial charge in [-0.15, -0.1) is 0 Å². The molecule has 2 aromatic heterocycles. The zero-order valence-electron chi connectivity index (χ0n) is 8.85. The van der Waals surface area contributed by atoms with Crippen LogP contribution in [-0.2, 0) is 0 Å². The zero-order valence-corrected chi connectivity index (χ0v) is 9.60. The Bertz CT molecular complexity index is 850. The summed E-state index contributed by atoms with van der Waals surface area (Å²) < 4.78 is 1.20. The van der Waals surface area contributed by atoms with E-state index in [2.05, 4.69) is 9.97 Å². The van der Waals surface area contributed by atoms with Crippen LogP contribution in [0.4, 0.5) is 0 Å². The van der Waals surface area contributed by atoms with E-state index >= 15 is 0 Å². The summed E-state index contributed by atoms with van der Waals surface area (Å²) in [5.41, 5.74) is -0.201. The van der Waals surface area contributed by atoms with E-state index in [-0.39, 0.29) is 11.3 Å². The Morgan fingerprint density at radius 3 is 2.94 bits per heavy atom. The van der Waals surface area contributed by atoms with Crippen molar-refractivity contribution in [2.24, 2.45) is 0 Å². The molecule has 0 aliphatic carbocycles. The number of hydrogen-bond acceptors (Lipinski definition) is 3. The molecule has 0 amide bonds. The molecule has 0 radical (unpaired) electrons. The molecule has 0 aliphatic heterocycles. The van der Waals surface area contributed by atoms with Crippen LogP contribution < -0.4 is 5.69 Å². The van der Waals surface area contributed by atoms with Gasteiger partial charge >= 0.3 is 11.7 Å². The van der Waals surface area contributed by atoms with Crippen molar-refractivity contribution < 1.29 is 9.90 Å². The summed E-state index contributed by atoms with van der Waals surface area (Å²) >= 11 is 6.00. The van der Waals surface area contributed by atoms with Gasteiger partial charge in [-0.1, -0.05) is 17.7 Å². The van der Waals surface area contributed by atoms with Crippen LogP contribution in [0.3, 0.4) is 0 Å². The van der Waals surface area contributed by atoms with Crippen LogP contribution in [0.15, 0.2) is 29.2 Å². The first-order valence-electron chi connectivity index (χ1n) is 5.01. The second-order valence-corrected chi connectivity index (χ2v) is 4.11. The quantitative estimate of drug-likeness (QED) is 0.697. The highest BCUT2D eigenvalue weighted by molar-refractivity contribution is 6.35. The molecule has 2 N–H and O–H groups in total. The predicted octanol–water partition coefficient (Wildman–Crippen LogP) is 1.53. The molecule has 1 aromatic carbocycles. The Morgan fingerprint density at radius 1 is 1.44 bits per heavy atom. The van der Waals surface area contributed by atoms with Crippen molar-refractivity contribution in [3.8, 4) is 0 Å². The van der Waals surface area contributed by atoms with Gasteiger partial charge in [0.25, 0.3) is 0 Å². The van der Waals surface area contributed by atoms with E-state index in [0.29, 0.717) is 15.9 Å². The van der Waals surface area contributed by atoms with E-state index in [1.165, 1.54) is 10.6 Å². The van der Waals surface area contributed by atoms with Gasteiger partial charge in [-0.25, -0.2) is 19.0 Å². The molecule has 0 fully saturated rings. The fourth-order valence-electron chi connectivity index (χ4n) is 1.90. The maximum Gasteiger partial charge on any atom is 0.356 e. The van der Waals surface area contributed by atoms with E-state index < -0.39 is 11.7 Å². The summed E-state index contributed by atoms with van der Waals surface area (Å²) in [4.78, 5) is 29.0. The number of nitrogens with one attached hydrogen (secondary N) is 1. The molecule has 3 aromatic rings. The van der Waals surface area contributed by atoms with E-state index in [1.807, 2.05) is 0 Å². The highest BCUT2D eigenvalue weighted by Gasteiger charge is 2.17. The Balaban J connectivity index is 2.61. The van der Waals surface area contributed by atoms with E-state index in [1.54, 1.807) is 18.2 Å². The normalized spacial score (nSPS) is 11.2. The van der Waals surface area contributed by atoms with Crippen LogP contribution in [-0.4, -0.2) is 25.4 Å². The minimum Gasteiger partial charge on any atom is -0.476 e. The van der Waals surface area contributed by atoms with Crippen molar-refractivity contribution in [3.63, 3.8) is 0 Å². The number of fused-ring (bicyclic) bond motifs is 3. The molecule has 0 saturated heterocycles. The number of nitrogens with zero attached hydrogens (tertiary/aromatic N) is 2. The number of carboxylic acids is 1. The highest BCUT2D eigenvalue weighted by atomic mass is 35.5. The molecule has 2 heterocycles. The Morgan fingerprint density at radius 2 is 2.22 bits per heavy atom. The predicted molar refractivity (Wildman–Crippen MR) is 65.3 cm³/mol. The van der Waals surface area contributed by atoms with Crippen molar-refractivity contribution in [2.45, 2.75) is 0 Å². The SMILES string of the molecule is O=C(O)c1[nH]c(=O)n2c1ncc1c(Cl)cccc12. The second-order valence-electron chi connectivity index (χ2n) is 3.70. The minimum absolute atomic E-state index is 0.0715. The lowest BCUT2D eigenvalue weighted by Gasteiger charge is -2.02. The molecule has 18 heavy (non-hydrogen) atoms. The Hall–Kier alpha value is -2.34. The van der Waals surface area contributed by atoms with Gasteiger partial charge in [0.05, 0.1) is 10.5 Å². The molecular weight excluding hydrogens is 258 g/mol. The van der Waals surface area contributed by atoms with Crippen molar-refractivity contribution in [2.75, 3.05) is 0 Å². The summed E-state index contributed by atoms with van der Waals surface area (Å²) in [6.45, 7) is 0. The largest absolute Gasteiger partial charge is 0.476 e. The van der Waals surface area contributed by atoms with Crippen LogP contribution in [0.2, 0.25) is 5.02 Å². The lowest BCUT2D eigenvalue weighted by Crippen LogP contribution is -2.10. The number of H-pyrrole nitrogens is 1. The summed E-state index contributed by atoms with van der Waals surface area (Å²) in [5, 5.41) is 10.0. The van der Waals surface area contributed by atoms with E-state index in [9.17, 15) is 9.59 Å². The number of aromatic amines is 1. The van der Waals surface area contributed by atoms with Crippen LogP contribution in [0.1, 0.15) is 10.5 Å². The van der Waals surface area contributed by atoms with Crippen LogP contribution in [0.25, 0.3) is 16.6 Å². The van der Waals surface area contributed by atoms with Gasteiger partial charge in [0.2, 0.25) is 0 Å². The maximum atomic E-state index is 11.8. The van der Waals surface area contributed by atoms with Crippen LogP contribution in [0, 0.1) is 0 Å². The monoisotopic (exact) mass is 263 g/mol. The van der Waals surface area contributed by atoms with Crippen molar-refractivity contribution in [1.29, 1.82) is 0 Å². The first kappa shape index (κ1) is 10.8. The first-order chi connectivity index (χ1) is 8.59. The third-order valence-corrected chi connectivity index (χ3v) is 3.00. The molecule has 0 bridgehead atoms. The Kier molecular flexibility index (Phi) is 2.14. The van der Waals surface area contributed by atoms with Crippen LogP contribution >= 0.6 is 11.6 Å². The first-order valence-corrected chi connectivity index (χ1v) is 5.38. The number of carbonyl (C=O) groups is 1. The van der Waals surface area contributed by atoms with Gasteiger partial charge in [-0.05, 0) is 12.1 Å². The summed E-state index contributed by atoms with van der Waals surface area (Å²) in [7, 11) is 0. The number of benzene rings is 1. The molecule has 90 valence electrons. The van der Waals surface area contributed by atoms with Gasteiger partial charge in [0, 0.05) is 11.6 Å². The molecule has 0 aliphatic rings. The van der Waals surface area contributed by atoms with Crippen molar-refractivity contribution in [3.05, 3.63) is 45.6 Å². The van der Waals surface area contributed by atoms with Gasteiger partial charge in [0.1, 0.15) is 0 Å². The lowest BCUT2D eigenvalue weighted by molar-refractivity contribution is 0.0693. The van der Waals surface area contributed by atoms with Gasteiger partial charge in [0.15, 0.2) is 11.3 Å². The lowest BCUT2D eigenvalue weighted by atomic mass is 10.2. The summed E-state index contributed by atoms with van der Waals surface area (Å²) in [6.07, 6.45) is 1.45. The molecule has 0 atom stereocenters. The van der Waals surface area contributed by atoms with E-state index in [4.69, 9.17) is 16.7 Å². The Labute approximate surface area is 104 Å². The number of halogens is 1. The zero-order chi connectivity index (χ0) is 12.9. The average molecular weight is 264 g/mol. The average Bonchev–Trinajstić information content (AvgIpc) is 2.68. The minimum atomic E-state index is -1.23. The molecule has 0 unspecified atom stereocenters. The fourth-order valence-corrected chi connectivity index (χ4v) is 2.11. The van der Waals surface area contributed by atoms with Gasteiger partial charge in [-0.3, -0.25) is 4.98 Å². The topological polar surface area (TPSA) is 87.5 Å². The number of rotatable bonds is 1. The number of imidazole rings is 1. The molecule has 0 saturated carbocycles. The molecule has 3 rings (SSSR count). The molecular formula is C11H6ClN3O3. The second kappa shape index (κ2) is 3.58. The number of hydrogen-bond donors (Lipinski definition) is 2. The molecule has 0 spiro atoms. The van der Waals surface area contributed by atoms with Gasteiger partial charge in [-0.2, -0.15) is 0 Å². The highest BCUT2D eigenvalue weighted by Crippen LogP contribution is 2.22. The summed E-state index contributed by atoms with van der Waals surface area (Å²) in [5.74, 6) is -1.23. The van der Waals surface area contributed by atoms with Crippen molar-refractivity contribution >= 4 is 34.1 Å². The molecule has 7 heteroatoms. The maximum absolute atomic E-state index is 11.8. The number of aromatic carboxylic acids is 1. The van der Waals surface area contributed by atoms with Crippen molar-refractivity contribution in [1.82, 2.24) is 14.4 Å². The van der Waals surface area contributed by atoms with Crippen LogP contribution in [0.5, 0.6) is 0 Å². The van der Waals surface area contributed by atoms with E-state index in [0.717, 1.165) is 0 Å². The third kappa shape index (κ3) is 1.32. The van der Waals surface area contributed by atoms with Gasteiger partial charge < -0.3 is 5.11 Å². The fraction of sp³-hybridized carbons (Fsp3) is 0. The smallest absolute Gasteiger partial charge is 0.356 e. The molecule has 6 nitrogen and oxygen atoms in total. The third-order valence-electron chi connectivity index (χ3n) is 2.67. The standard InChI is InChI=1S/C11H6ClN3O3/c12-6-2-1-3-7-5(6)4-13-9-8(10(16)17)14-11(18)15(7)9/h1-4H,(H,14,18)(H,16,17). The summed E-state index contributed by atoms with van der Waals surface area (Å²) in [6, 6.07) is 5.04. The number of aromatic nitrogens is 3.